The highest BCUT2D eigenvalue weighted by Crippen LogP contribution is 2.24. The van der Waals surface area contributed by atoms with Gasteiger partial charge in [0.15, 0.2) is 0 Å². The molecule has 0 saturated carbocycles. The van der Waals surface area contributed by atoms with Gasteiger partial charge in [-0.05, 0) is 11.5 Å². The van der Waals surface area contributed by atoms with Gasteiger partial charge in [-0.1, -0.05) is 64.1 Å². The quantitative estimate of drug-likeness (QED) is 0.456. The van der Waals surface area contributed by atoms with Crippen molar-refractivity contribution >= 4 is 12.0 Å². The number of carbonyl (C=O) groups excluding carboxylic acids is 2. The number of hydrogen-bond donors (Lipinski definition) is 4. The Morgan fingerprint density at radius 3 is 2.32 bits per heavy atom. The first-order valence-electron chi connectivity index (χ1n) is 9.32. The number of aliphatic hydroxyl groups excluding tert-OH is 2. The minimum atomic E-state index is -1.04. The predicted octanol–water partition coefficient (Wildman–Crippen LogP) is 1.99. The minimum absolute atomic E-state index is 0.0879. The number of ether oxygens (including phenoxy) is 1. The van der Waals surface area contributed by atoms with E-state index in [-0.39, 0.29) is 12.5 Å². The van der Waals surface area contributed by atoms with Crippen molar-refractivity contribution in [2.75, 3.05) is 6.61 Å². The predicted molar refractivity (Wildman–Crippen MR) is 107 cm³/mol. The van der Waals surface area contributed by atoms with Crippen molar-refractivity contribution < 1.29 is 24.5 Å². The van der Waals surface area contributed by atoms with Crippen LogP contribution >= 0.6 is 0 Å². The lowest BCUT2D eigenvalue weighted by Crippen LogP contribution is -2.57. The summed E-state index contributed by atoms with van der Waals surface area (Å²) in [6.07, 6.45) is -0.201. The summed E-state index contributed by atoms with van der Waals surface area (Å²) in [5.74, 6) is -0.738. The Morgan fingerprint density at radius 2 is 1.82 bits per heavy atom. The summed E-state index contributed by atoms with van der Waals surface area (Å²) in [6, 6.07) is 7.42. The van der Waals surface area contributed by atoms with Gasteiger partial charge in [-0.3, -0.25) is 4.79 Å². The van der Waals surface area contributed by atoms with Crippen LogP contribution in [0.4, 0.5) is 4.79 Å². The third-order valence-electron chi connectivity index (χ3n) is 4.63. The number of benzene rings is 1. The van der Waals surface area contributed by atoms with Gasteiger partial charge < -0.3 is 25.6 Å². The first-order chi connectivity index (χ1) is 13.1. The fraction of sp³-hybridized carbons (Fsp3) is 0.524. The van der Waals surface area contributed by atoms with E-state index in [9.17, 15) is 19.8 Å². The molecule has 4 N–H and O–H groups in total. The molecule has 0 aliphatic heterocycles. The second-order valence-electron chi connectivity index (χ2n) is 7.70. The third kappa shape index (κ3) is 6.98. The van der Waals surface area contributed by atoms with E-state index >= 15 is 0 Å². The number of hydrogen-bond acceptors (Lipinski definition) is 5. The summed E-state index contributed by atoms with van der Waals surface area (Å²) in [4.78, 5) is 24.8. The maximum absolute atomic E-state index is 12.7. The lowest BCUT2D eigenvalue weighted by atomic mass is 9.82. The smallest absolute Gasteiger partial charge is 0.408 e. The van der Waals surface area contributed by atoms with Crippen molar-refractivity contribution in [1.82, 2.24) is 10.6 Å². The molecule has 0 fully saturated rings. The Balaban J connectivity index is 2.71. The van der Waals surface area contributed by atoms with Gasteiger partial charge in [0.05, 0.1) is 18.8 Å². The average Bonchev–Trinajstić information content (AvgIpc) is 2.68. The number of aliphatic hydroxyl groups is 2. The first kappa shape index (κ1) is 23.7. The Labute approximate surface area is 166 Å². The molecule has 1 rings (SSSR count). The van der Waals surface area contributed by atoms with Gasteiger partial charge in [0, 0.05) is 5.41 Å². The maximum atomic E-state index is 12.7. The molecular formula is C21H32N2O5. The maximum Gasteiger partial charge on any atom is 0.408 e. The van der Waals surface area contributed by atoms with Crippen LogP contribution in [0, 0.1) is 11.3 Å². The van der Waals surface area contributed by atoms with Gasteiger partial charge in [0.2, 0.25) is 5.91 Å². The molecule has 1 aromatic rings. The van der Waals surface area contributed by atoms with Gasteiger partial charge in [-0.15, -0.1) is 6.58 Å². The molecule has 3 atom stereocenters. The summed E-state index contributed by atoms with van der Waals surface area (Å²) >= 11 is 0. The number of alkyl carbamates (subject to hydrolysis) is 1. The number of nitrogens with one attached hydrogen (secondary N) is 2. The summed E-state index contributed by atoms with van der Waals surface area (Å²) in [6.45, 7) is 10.4. The standard InChI is InChI=1S/C21H32N2O5/c1-6-21(4,5)18(25)16(12-24)22-19(26)17(14(2)3)23-20(27)28-13-15-10-8-7-9-11-15/h6-11,14,16-18,24-25H,1,12-13H2,2-5H3,(H,22,26)(H,23,27)/t16-,17+,18+/m0/s1. The van der Waals surface area contributed by atoms with Crippen LogP contribution in [0.3, 0.4) is 0 Å². The molecule has 156 valence electrons. The van der Waals surface area contributed by atoms with E-state index in [0.29, 0.717) is 0 Å². The van der Waals surface area contributed by atoms with E-state index in [1.54, 1.807) is 33.8 Å². The van der Waals surface area contributed by atoms with E-state index in [4.69, 9.17) is 4.74 Å². The van der Waals surface area contributed by atoms with Crippen LogP contribution in [0.5, 0.6) is 0 Å². The van der Waals surface area contributed by atoms with Gasteiger partial charge in [0.1, 0.15) is 12.6 Å². The van der Waals surface area contributed by atoms with Gasteiger partial charge in [-0.25, -0.2) is 4.79 Å². The molecular weight excluding hydrogens is 360 g/mol. The Hall–Kier alpha value is -2.38. The summed E-state index contributed by atoms with van der Waals surface area (Å²) < 4.78 is 5.17. The van der Waals surface area contributed by atoms with Crippen molar-refractivity contribution in [3.05, 3.63) is 48.6 Å². The van der Waals surface area contributed by atoms with Crippen molar-refractivity contribution in [1.29, 1.82) is 0 Å². The highest BCUT2D eigenvalue weighted by molar-refractivity contribution is 5.86. The number of amides is 2. The molecule has 0 unspecified atom stereocenters. The molecule has 2 amide bonds. The lowest BCUT2D eigenvalue weighted by molar-refractivity contribution is -0.126. The second-order valence-corrected chi connectivity index (χ2v) is 7.70. The minimum Gasteiger partial charge on any atom is -0.445 e. The zero-order valence-corrected chi connectivity index (χ0v) is 17.0. The van der Waals surface area contributed by atoms with E-state index in [0.717, 1.165) is 5.56 Å². The summed E-state index contributed by atoms with van der Waals surface area (Å²) in [5, 5.41) is 25.2. The highest BCUT2D eigenvalue weighted by Gasteiger charge is 2.34. The Bertz CT molecular complexity index is 645. The lowest BCUT2D eigenvalue weighted by Gasteiger charge is -2.34. The van der Waals surface area contributed by atoms with Crippen LogP contribution in [0.2, 0.25) is 0 Å². The molecule has 28 heavy (non-hydrogen) atoms. The largest absolute Gasteiger partial charge is 0.445 e. The van der Waals surface area contributed by atoms with E-state index in [1.165, 1.54) is 0 Å². The molecule has 1 aromatic carbocycles. The monoisotopic (exact) mass is 392 g/mol. The molecule has 0 aliphatic rings. The second kappa shape index (κ2) is 10.8. The number of carbonyl (C=O) groups is 2. The molecule has 0 bridgehead atoms. The number of rotatable bonds is 10. The van der Waals surface area contributed by atoms with Crippen LogP contribution in [-0.4, -0.2) is 47.0 Å². The van der Waals surface area contributed by atoms with Gasteiger partial charge in [-0.2, -0.15) is 0 Å². The Kier molecular flexibility index (Phi) is 9.15. The summed E-state index contributed by atoms with van der Waals surface area (Å²) in [7, 11) is 0. The van der Waals surface area contributed by atoms with Crippen molar-refractivity contribution in [2.24, 2.45) is 11.3 Å². The van der Waals surface area contributed by atoms with Gasteiger partial charge in [0.25, 0.3) is 0 Å². The van der Waals surface area contributed by atoms with E-state index in [2.05, 4.69) is 17.2 Å². The fourth-order valence-electron chi connectivity index (χ4n) is 2.56. The van der Waals surface area contributed by atoms with Crippen LogP contribution in [0.25, 0.3) is 0 Å². The van der Waals surface area contributed by atoms with Crippen LogP contribution < -0.4 is 10.6 Å². The molecule has 0 saturated heterocycles. The Morgan fingerprint density at radius 1 is 1.21 bits per heavy atom. The molecule has 7 heteroatoms. The van der Waals surface area contributed by atoms with E-state index in [1.807, 2.05) is 30.3 Å². The highest BCUT2D eigenvalue weighted by atomic mass is 16.5. The normalized spacial score (nSPS) is 14.7. The molecule has 7 nitrogen and oxygen atoms in total. The van der Waals surface area contributed by atoms with Crippen LogP contribution in [0.15, 0.2) is 43.0 Å². The van der Waals surface area contributed by atoms with Crippen molar-refractivity contribution in [3.63, 3.8) is 0 Å². The topological polar surface area (TPSA) is 108 Å². The fourth-order valence-corrected chi connectivity index (χ4v) is 2.56. The molecule has 0 aliphatic carbocycles. The van der Waals surface area contributed by atoms with E-state index < -0.39 is 42.2 Å². The summed E-state index contributed by atoms with van der Waals surface area (Å²) in [5.41, 5.74) is 0.120. The van der Waals surface area contributed by atoms with Crippen LogP contribution in [-0.2, 0) is 16.1 Å². The zero-order valence-electron chi connectivity index (χ0n) is 17.0. The average molecular weight is 392 g/mol. The first-order valence-corrected chi connectivity index (χ1v) is 9.32. The molecule has 0 spiro atoms. The van der Waals surface area contributed by atoms with Gasteiger partial charge >= 0.3 is 6.09 Å². The zero-order chi connectivity index (χ0) is 21.3. The third-order valence-corrected chi connectivity index (χ3v) is 4.63. The molecule has 0 aromatic heterocycles. The SMILES string of the molecule is C=CC(C)(C)[C@H](O)[C@H](CO)NC(=O)[C@H](NC(=O)OCc1ccccc1)C(C)C. The van der Waals surface area contributed by atoms with Crippen LogP contribution in [0.1, 0.15) is 33.3 Å². The molecule has 0 radical (unpaired) electrons. The molecule has 0 heterocycles. The van der Waals surface area contributed by atoms with Crippen molar-refractivity contribution in [3.8, 4) is 0 Å². The van der Waals surface area contributed by atoms with Crippen molar-refractivity contribution in [2.45, 2.75) is 52.5 Å².